The van der Waals surface area contributed by atoms with Gasteiger partial charge in [-0.05, 0) is 31.5 Å². The maximum Gasteiger partial charge on any atom is 0.132 e. The Hall–Kier alpha value is -0.670. The predicted octanol–water partition coefficient (Wildman–Crippen LogP) is 3.43. The van der Waals surface area contributed by atoms with Crippen LogP contribution >= 0.6 is 11.6 Å². The van der Waals surface area contributed by atoms with Gasteiger partial charge in [0.25, 0.3) is 0 Å². The molecule has 0 aromatic heterocycles. The summed E-state index contributed by atoms with van der Waals surface area (Å²) in [7, 11) is 0. The minimum atomic E-state index is -0.556. The van der Waals surface area contributed by atoms with E-state index in [9.17, 15) is 8.78 Å². The first-order valence-electron chi connectivity index (χ1n) is 5.06. The molecule has 1 aromatic carbocycles. The molecule has 1 nitrogen and oxygen atoms in total. The van der Waals surface area contributed by atoms with Crippen molar-refractivity contribution in [2.45, 2.75) is 25.3 Å². The normalized spacial score (nSPS) is 21.7. The SMILES string of the molecule is Fc1cc(Cl)cc(F)c1[C@H]1CCCCN1. The molecule has 1 atom stereocenters. The van der Waals surface area contributed by atoms with Crippen LogP contribution in [0.25, 0.3) is 0 Å². The molecule has 0 unspecified atom stereocenters. The molecule has 1 fully saturated rings. The summed E-state index contributed by atoms with van der Waals surface area (Å²) in [6.45, 7) is 0.812. The van der Waals surface area contributed by atoms with Crippen LogP contribution in [-0.4, -0.2) is 6.54 Å². The van der Waals surface area contributed by atoms with E-state index >= 15 is 0 Å². The third kappa shape index (κ3) is 2.29. The monoisotopic (exact) mass is 231 g/mol. The van der Waals surface area contributed by atoms with Crippen molar-refractivity contribution in [3.8, 4) is 0 Å². The van der Waals surface area contributed by atoms with Gasteiger partial charge in [0.15, 0.2) is 0 Å². The van der Waals surface area contributed by atoms with E-state index in [0.717, 1.165) is 37.9 Å². The summed E-state index contributed by atoms with van der Waals surface area (Å²) in [5.74, 6) is -1.11. The maximum absolute atomic E-state index is 13.5. The van der Waals surface area contributed by atoms with E-state index in [0.29, 0.717) is 0 Å². The van der Waals surface area contributed by atoms with Gasteiger partial charge in [-0.15, -0.1) is 0 Å². The lowest BCUT2D eigenvalue weighted by atomic mass is 9.97. The van der Waals surface area contributed by atoms with Crippen LogP contribution in [0.2, 0.25) is 5.02 Å². The number of benzene rings is 1. The first-order valence-corrected chi connectivity index (χ1v) is 5.44. The van der Waals surface area contributed by atoms with E-state index in [1.807, 2.05) is 0 Å². The molecule has 2 rings (SSSR count). The van der Waals surface area contributed by atoms with Crippen molar-refractivity contribution in [1.29, 1.82) is 0 Å². The van der Waals surface area contributed by atoms with Crippen LogP contribution in [-0.2, 0) is 0 Å². The van der Waals surface area contributed by atoms with Gasteiger partial charge in [-0.2, -0.15) is 0 Å². The second-order valence-corrected chi connectivity index (χ2v) is 4.22. The van der Waals surface area contributed by atoms with E-state index in [4.69, 9.17) is 11.6 Å². The molecular formula is C11H12ClF2N. The Balaban J connectivity index is 2.33. The first-order chi connectivity index (χ1) is 7.18. The summed E-state index contributed by atoms with van der Waals surface area (Å²) in [5, 5.41) is 3.21. The largest absolute Gasteiger partial charge is 0.310 e. The third-order valence-corrected chi connectivity index (χ3v) is 2.92. The molecule has 0 bridgehead atoms. The summed E-state index contributed by atoms with van der Waals surface area (Å²) in [6.07, 6.45) is 2.84. The Morgan fingerprint density at radius 2 is 1.87 bits per heavy atom. The minimum Gasteiger partial charge on any atom is -0.310 e. The Bertz CT molecular complexity index is 339. The zero-order valence-corrected chi connectivity index (χ0v) is 8.95. The number of hydrogen-bond acceptors (Lipinski definition) is 1. The van der Waals surface area contributed by atoms with Crippen LogP contribution in [0.4, 0.5) is 8.78 Å². The zero-order chi connectivity index (χ0) is 10.8. The Labute approximate surface area is 92.4 Å². The van der Waals surface area contributed by atoms with Crippen LogP contribution < -0.4 is 5.32 Å². The van der Waals surface area contributed by atoms with Gasteiger partial charge in [0.2, 0.25) is 0 Å². The van der Waals surface area contributed by atoms with Crippen LogP contribution in [0.1, 0.15) is 30.9 Å². The molecule has 1 N–H and O–H groups in total. The highest BCUT2D eigenvalue weighted by molar-refractivity contribution is 6.30. The summed E-state index contributed by atoms with van der Waals surface area (Å²) in [5.41, 5.74) is 0.124. The molecule has 4 heteroatoms. The van der Waals surface area contributed by atoms with Crippen LogP contribution in [0.15, 0.2) is 12.1 Å². The highest BCUT2D eigenvalue weighted by Crippen LogP contribution is 2.29. The Kier molecular flexibility index (Phi) is 3.22. The lowest BCUT2D eigenvalue weighted by Crippen LogP contribution is -2.28. The highest BCUT2D eigenvalue weighted by atomic mass is 35.5. The molecule has 0 radical (unpaired) electrons. The summed E-state index contributed by atoms with van der Waals surface area (Å²) in [6, 6.07) is 2.11. The van der Waals surface area contributed by atoms with E-state index in [1.54, 1.807) is 0 Å². The maximum atomic E-state index is 13.5. The second kappa shape index (κ2) is 4.45. The fraction of sp³-hybridized carbons (Fsp3) is 0.455. The molecule has 0 saturated carbocycles. The molecule has 1 saturated heterocycles. The molecular weight excluding hydrogens is 220 g/mol. The molecule has 1 heterocycles. The van der Waals surface area contributed by atoms with E-state index in [-0.39, 0.29) is 16.6 Å². The quantitative estimate of drug-likeness (QED) is 0.781. The number of rotatable bonds is 1. The zero-order valence-electron chi connectivity index (χ0n) is 8.19. The van der Waals surface area contributed by atoms with Crippen molar-refractivity contribution in [2.24, 2.45) is 0 Å². The summed E-state index contributed by atoms with van der Waals surface area (Å²) in [4.78, 5) is 0. The van der Waals surface area contributed by atoms with E-state index < -0.39 is 11.6 Å². The molecule has 0 amide bonds. The third-order valence-electron chi connectivity index (χ3n) is 2.70. The predicted molar refractivity (Wildman–Crippen MR) is 56.0 cm³/mol. The number of halogens is 3. The molecule has 0 aliphatic carbocycles. The van der Waals surface area contributed by atoms with Crippen molar-refractivity contribution < 1.29 is 8.78 Å². The standard InChI is InChI=1S/C11H12ClF2N/c12-7-5-8(13)11(9(14)6-7)10-3-1-2-4-15-10/h5-6,10,15H,1-4H2/t10-/m1/s1. The van der Waals surface area contributed by atoms with Gasteiger partial charge in [0.1, 0.15) is 11.6 Å². The molecule has 15 heavy (non-hydrogen) atoms. The lowest BCUT2D eigenvalue weighted by Gasteiger charge is -2.24. The van der Waals surface area contributed by atoms with Crippen LogP contribution in [0.3, 0.4) is 0 Å². The fourth-order valence-corrected chi connectivity index (χ4v) is 2.18. The summed E-state index contributed by atoms with van der Waals surface area (Å²) < 4.78 is 27.1. The number of piperidine rings is 1. The Morgan fingerprint density at radius 1 is 1.20 bits per heavy atom. The van der Waals surface area contributed by atoms with Gasteiger partial charge in [0, 0.05) is 16.6 Å². The molecule has 1 aliphatic heterocycles. The van der Waals surface area contributed by atoms with E-state index in [2.05, 4.69) is 5.32 Å². The topological polar surface area (TPSA) is 12.0 Å². The van der Waals surface area contributed by atoms with Crippen LogP contribution in [0, 0.1) is 11.6 Å². The Morgan fingerprint density at radius 3 is 2.40 bits per heavy atom. The lowest BCUT2D eigenvalue weighted by molar-refractivity contribution is 0.385. The molecule has 1 aliphatic rings. The van der Waals surface area contributed by atoms with Crippen LogP contribution in [0.5, 0.6) is 0 Å². The van der Waals surface area contributed by atoms with Crippen molar-refractivity contribution in [1.82, 2.24) is 5.32 Å². The fourth-order valence-electron chi connectivity index (χ4n) is 1.98. The van der Waals surface area contributed by atoms with Crippen molar-refractivity contribution >= 4 is 11.6 Å². The van der Waals surface area contributed by atoms with Crippen molar-refractivity contribution in [3.05, 3.63) is 34.4 Å². The van der Waals surface area contributed by atoms with Gasteiger partial charge in [-0.25, -0.2) is 8.78 Å². The molecule has 1 aromatic rings. The van der Waals surface area contributed by atoms with Crippen molar-refractivity contribution in [3.63, 3.8) is 0 Å². The number of hydrogen-bond donors (Lipinski definition) is 1. The average Bonchev–Trinajstić information content (AvgIpc) is 2.17. The first kappa shape index (κ1) is 10.8. The molecule has 0 spiro atoms. The van der Waals surface area contributed by atoms with Gasteiger partial charge >= 0.3 is 0 Å². The second-order valence-electron chi connectivity index (χ2n) is 3.79. The number of nitrogens with one attached hydrogen (secondary N) is 1. The summed E-state index contributed by atoms with van der Waals surface area (Å²) >= 11 is 5.56. The smallest absolute Gasteiger partial charge is 0.132 e. The minimum absolute atomic E-state index is 0.101. The van der Waals surface area contributed by atoms with E-state index in [1.165, 1.54) is 0 Å². The highest BCUT2D eigenvalue weighted by Gasteiger charge is 2.22. The average molecular weight is 232 g/mol. The van der Waals surface area contributed by atoms with Crippen molar-refractivity contribution in [2.75, 3.05) is 6.54 Å². The van der Waals surface area contributed by atoms with Gasteiger partial charge in [0.05, 0.1) is 0 Å². The van der Waals surface area contributed by atoms with Gasteiger partial charge < -0.3 is 5.32 Å². The van der Waals surface area contributed by atoms with Gasteiger partial charge in [-0.1, -0.05) is 18.0 Å². The van der Waals surface area contributed by atoms with Gasteiger partial charge in [-0.3, -0.25) is 0 Å². The molecule has 82 valence electrons.